The Labute approximate surface area is 211 Å². The second-order valence-electron chi connectivity index (χ2n) is 8.42. The van der Waals surface area contributed by atoms with E-state index in [9.17, 15) is 13.7 Å². The van der Waals surface area contributed by atoms with Crippen LogP contribution in [0.2, 0.25) is 0 Å². The van der Waals surface area contributed by atoms with Crippen LogP contribution in [0.4, 0.5) is 5.69 Å². The van der Waals surface area contributed by atoms with Crippen molar-refractivity contribution in [3.8, 4) is 6.07 Å². The molecule has 4 aromatic carbocycles. The Morgan fingerprint density at radius 3 is 2.03 bits per heavy atom. The summed E-state index contributed by atoms with van der Waals surface area (Å²) >= 11 is 0. The second kappa shape index (κ2) is 10.0. The van der Waals surface area contributed by atoms with Crippen LogP contribution in [0.15, 0.2) is 130 Å². The van der Waals surface area contributed by atoms with E-state index in [4.69, 9.17) is 5.10 Å². The van der Waals surface area contributed by atoms with Crippen LogP contribution in [0.3, 0.4) is 0 Å². The third-order valence-electron chi connectivity index (χ3n) is 6.11. The Hall–Kier alpha value is -4.47. The fourth-order valence-corrected chi connectivity index (χ4v) is 5.44. The van der Waals surface area contributed by atoms with Gasteiger partial charge in [-0.25, -0.2) is 8.42 Å². The molecule has 1 heterocycles. The van der Waals surface area contributed by atoms with Crippen molar-refractivity contribution in [3.05, 3.63) is 137 Å². The molecule has 0 amide bonds. The van der Waals surface area contributed by atoms with Gasteiger partial charge in [0.1, 0.15) is 11.0 Å². The Morgan fingerprint density at radius 1 is 0.833 bits per heavy atom. The first-order valence-corrected chi connectivity index (χ1v) is 13.0. The van der Waals surface area contributed by atoms with E-state index in [1.165, 1.54) is 18.2 Å². The minimum absolute atomic E-state index is 0.0379. The van der Waals surface area contributed by atoms with E-state index in [-0.39, 0.29) is 15.8 Å². The Morgan fingerprint density at radius 2 is 1.42 bits per heavy atom. The van der Waals surface area contributed by atoms with Gasteiger partial charge in [-0.2, -0.15) is 10.4 Å². The molecule has 1 atom stereocenters. The maximum Gasteiger partial charge on any atom is 0.216 e. The van der Waals surface area contributed by atoms with E-state index in [2.05, 4.69) is 24.3 Å². The van der Waals surface area contributed by atoms with Gasteiger partial charge in [-0.1, -0.05) is 91.0 Å². The molecule has 1 aliphatic rings. The van der Waals surface area contributed by atoms with Crippen LogP contribution in [-0.4, -0.2) is 14.1 Å². The number of sulfone groups is 1. The zero-order valence-corrected chi connectivity index (χ0v) is 20.2. The molecule has 0 saturated heterocycles. The summed E-state index contributed by atoms with van der Waals surface area (Å²) in [5, 5.41) is 16.6. The number of benzene rings is 4. The number of nitrogens with zero attached hydrogens (tertiary/aromatic N) is 3. The van der Waals surface area contributed by atoms with E-state index in [1.807, 2.05) is 71.7 Å². The first-order valence-electron chi connectivity index (χ1n) is 11.6. The molecule has 1 unspecified atom stereocenters. The number of nitriles is 1. The first kappa shape index (κ1) is 23.3. The van der Waals surface area contributed by atoms with Gasteiger partial charge in [0.2, 0.25) is 9.84 Å². The van der Waals surface area contributed by atoms with Crippen molar-refractivity contribution in [1.29, 1.82) is 5.26 Å². The van der Waals surface area contributed by atoms with Gasteiger partial charge in [0.05, 0.1) is 22.3 Å². The van der Waals surface area contributed by atoms with Gasteiger partial charge in [-0.05, 0) is 47.0 Å². The highest BCUT2D eigenvalue weighted by molar-refractivity contribution is 7.95. The molecule has 36 heavy (non-hydrogen) atoms. The summed E-state index contributed by atoms with van der Waals surface area (Å²) in [4.78, 5) is -0.200. The minimum atomic E-state index is -3.89. The molecule has 1 aliphatic heterocycles. The van der Waals surface area contributed by atoms with Gasteiger partial charge < -0.3 is 0 Å². The summed E-state index contributed by atoms with van der Waals surface area (Å²) in [5.74, 6) is 0. The fraction of sp³-hybridized carbons (Fsp3) is 0.0667. The molecule has 0 aliphatic carbocycles. The summed E-state index contributed by atoms with van der Waals surface area (Å²) in [6.45, 7) is 0. The smallest absolute Gasteiger partial charge is 0.216 e. The summed E-state index contributed by atoms with van der Waals surface area (Å²) in [6.07, 6.45) is 2.17. The van der Waals surface area contributed by atoms with Gasteiger partial charge in [0.25, 0.3) is 0 Å². The highest BCUT2D eigenvalue weighted by Gasteiger charge is 2.29. The molecule has 176 valence electrons. The number of anilines is 1. The van der Waals surface area contributed by atoms with Crippen LogP contribution in [0.25, 0.3) is 6.08 Å². The van der Waals surface area contributed by atoms with Crippen molar-refractivity contribution in [2.24, 2.45) is 5.10 Å². The normalized spacial score (nSPS) is 15.9. The van der Waals surface area contributed by atoms with Crippen LogP contribution in [-0.2, 0) is 9.84 Å². The second-order valence-corrected chi connectivity index (χ2v) is 10.3. The number of rotatable bonds is 6. The van der Waals surface area contributed by atoms with Gasteiger partial charge in [0, 0.05) is 6.42 Å². The summed E-state index contributed by atoms with van der Waals surface area (Å²) in [5.41, 5.74) is 4.77. The van der Waals surface area contributed by atoms with Gasteiger partial charge in [-0.3, -0.25) is 5.01 Å². The molecule has 0 N–H and O–H groups in total. The molecule has 0 radical (unpaired) electrons. The summed E-state index contributed by atoms with van der Waals surface area (Å²) in [6, 6.07) is 37.7. The van der Waals surface area contributed by atoms with Crippen molar-refractivity contribution in [1.82, 2.24) is 0 Å². The molecule has 0 aromatic heterocycles. The average molecular weight is 490 g/mol. The lowest BCUT2D eigenvalue weighted by Gasteiger charge is -2.24. The fourth-order valence-electron chi connectivity index (χ4n) is 4.26. The molecule has 5 nitrogen and oxygen atoms in total. The quantitative estimate of drug-likeness (QED) is 0.295. The molecular weight excluding hydrogens is 466 g/mol. The first-order chi connectivity index (χ1) is 17.6. The van der Waals surface area contributed by atoms with Crippen molar-refractivity contribution in [2.45, 2.75) is 17.4 Å². The average Bonchev–Trinajstić information content (AvgIpc) is 3.39. The Bertz CT molecular complexity index is 1560. The van der Waals surface area contributed by atoms with E-state index in [1.54, 1.807) is 18.2 Å². The molecule has 4 aromatic rings. The molecule has 6 heteroatoms. The van der Waals surface area contributed by atoms with E-state index >= 15 is 0 Å². The van der Waals surface area contributed by atoms with Gasteiger partial charge >= 0.3 is 0 Å². The highest BCUT2D eigenvalue weighted by Crippen LogP contribution is 2.37. The largest absolute Gasteiger partial charge is 0.257 e. The standard InChI is InChI=1S/C30H23N3O2S/c31-22-28(36(34,35)27-14-8-3-9-15-27)20-23-16-18-26(19-17-23)33-30(25-12-6-2-7-13-25)21-29(32-33)24-10-4-1-5-11-24/h1-20,30H,21H2. The SMILES string of the molecule is N#CC(=Cc1ccc(N2N=C(c3ccccc3)CC2c2ccccc2)cc1)S(=O)(=O)c1ccccc1. The lowest BCUT2D eigenvalue weighted by atomic mass is 9.98. The van der Waals surface area contributed by atoms with Crippen molar-refractivity contribution in [3.63, 3.8) is 0 Å². The number of hydrogen-bond acceptors (Lipinski definition) is 5. The molecule has 0 fully saturated rings. The monoisotopic (exact) mass is 489 g/mol. The molecule has 5 rings (SSSR count). The molecule has 0 spiro atoms. The van der Waals surface area contributed by atoms with Crippen LogP contribution < -0.4 is 5.01 Å². The predicted octanol–water partition coefficient (Wildman–Crippen LogP) is 6.38. The van der Waals surface area contributed by atoms with Crippen molar-refractivity contribution >= 4 is 27.3 Å². The van der Waals surface area contributed by atoms with E-state index in [0.29, 0.717) is 5.56 Å². The maximum atomic E-state index is 12.9. The summed E-state index contributed by atoms with van der Waals surface area (Å²) in [7, 11) is -3.89. The Kier molecular flexibility index (Phi) is 6.48. The minimum Gasteiger partial charge on any atom is -0.257 e. The number of hydrogen-bond donors (Lipinski definition) is 0. The number of hydrazone groups is 1. The zero-order chi connectivity index (χ0) is 25.0. The zero-order valence-electron chi connectivity index (χ0n) is 19.4. The molecule has 0 bridgehead atoms. The maximum absolute atomic E-state index is 12.9. The lowest BCUT2D eigenvalue weighted by molar-refractivity contribution is 0.603. The van der Waals surface area contributed by atoms with Crippen molar-refractivity contribution in [2.75, 3.05) is 5.01 Å². The van der Waals surface area contributed by atoms with Crippen molar-refractivity contribution < 1.29 is 8.42 Å². The van der Waals surface area contributed by atoms with E-state index < -0.39 is 9.84 Å². The van der Waals surface area contributed by atoms with Crippen LogP contribution in [0.1, 0.15) is 29.2 Å². The topological polar surface area (TPSA) is 73.5 Å². The number of allylic oxidation sites excluding steroid dienone is 1. The van der Waals surface area contributed by atoms with Crippen LogP contribution >= 0.6 is 0 Å². The highest BCUT2D eigenvalue weighted by atomic mass is 32.2. The van der Waals surface area contributed by atoms with Gasteiger partial charge in [-0.15, -0.1) is 0 Å². The third kappa shape index (κ3) is 4.70. The third-order valence-corrected chi connectivity index (χ3v) is 7.79. The predicted molar refractivity (Wildman–Crippen MR) is 143 cm³/mol. The van der Waals surface area contributed by atoms with Crippen LogP contribution in [0.5, 0.6) is 0 Å². The Balaban J connectivity index is 1.48. The molecular formula is C30H23N3O2S. The lowest BCUT2D eigenvalue weighted by Crippen LogP contribution is -2.18. The molecule has 0 saturated carbocycles. The van der Waals surface area contributed by atoms with Crippen LogP contribution in [0, 0.1) is 11.3 Å². The van der Waals surface area contributed by atoms with E-state index in [0.717, 1.165) is 28.9 Å². The summed E-state index contributed by atoms with van der Waals surface area (Å²) < 4.78 is 25.8. The van der Waals surface area contributed by atoms with Gasteiger partial charge in [0.15, 0.2) is 0 Å².